The molecule has 1 fully saturated rings. The van der Waals surface area contributed by atoms with Crippen molar-refractivity contribution in [3.8, 4) is 0 Å². The van der Waals surface area contributed by atoms with Crippen LogP contribution in [0.3, 0.4) is 0 Å². The summed E-state index contributed by atoms with van der Waals surface area (Å²) in [7, 11) is 1.39. The first-order valence-corrected chi connectivity index (χ1v) is 6.44. The summed E-state index contributed by atoms with van der Waals surface area (Å²) in [6.07, 6.45) is 3.67. The Bertz CT molecular complexity index is 402. The highest BCUT2D eigenvalue weighted by molar-refractivity contribution is 7.98. The molecule has 0 bridgehead atoms. The summed E-state index contributed by atoms with van der Waals surface area (Å²) in [6.45, 7) is 0. The number of ether oxygens (including phenoxy) is 1. The van der Waals surface area contributed by atoms with Crippen molar-refractivity contribution in [2.24, 2.45) is 0 Å². The zero-order valence-electron chi connectivity index (χ0n) is 9.45. The van der Waals surface area contributed by atoms with Crippen molar-refractivity contribution in [2.75, 3.05) is 13.4 Å². The van der Waals surface area contributed by atoms with Crippen molar-refractivity contribution in [1.29, 1.82) is 0 Å². The molecular formula is C12H15NO2S. The number of benzene rings is 1. The van der Waals surface area contributed by atoms with E-state index in [0.29, 0.717) is 0 Å². The Labute approximate surface area is 99.6 Å². The Kier molecular flexibility index (Phi) is 3.10. The Hall–Kier alpha value is -1.16. The van der Waals surface area contributed by atoms with Gasteiger partial charge in [-0.25, -0.2) is 4.79 Å². The van der Waals surface area contributed by atoms with Gasteiger partial charge in [0.1, 0.15) is 0 Å². The highest BCUT2D eigenvalue weighted by Gasteiger charge is 2.47. The molecule has 0 saturated heterocycles. The van der Waals surface area contributed by atoms with Gasteiger partial charge in [0.2, 0.25) is 0 Å². The van der Waals surface area contributed by atoms with E-state index >= 15 is 0 Å². The summed E-state index contributed by atoms with van der Waals surface area (Å²) in [4.78, 5) is 12.5. The number of hydrogen-bond acceptors (Lipinski definition) is 3. The fourth-order valence-corrected chi connectivity index (χ4v) is 2.57. The van der Waals surface area contributed by atoms with Crippen molar-refractivity contribution in [2.45, 2.75) is 23.3 Å². The van der Waals surface area contributed by atoms with Crippen LogP contribution in [0.4, 0.5) is 4.79 Å². The molecule has 4 heteroatoms. The van der Waals surface area contributed by atoms with E-state index < -0.39 is 0 Å². The van der Waals surface area contributed by atoms with Crippen LogP contribution in [0.15, 0.2) is 29.2 Å². The molecule has 86 valence electrons. The molecule has 0 atom stereocenters. The van der Waals surface area contributed by atoms with E-state index in [1.165, 1.54) is 17.6 Å². The van der Waals surface area contributed by atoms with Crippen LogP contribution in [-0.2, 0) is 10.3 Å². The number of alkyl carbamates (subject to hydrolysis) is 1. The normalized spacial score (nSPS) is 16.6. The second-order valence-electron chi connectivity index (χ2n) is 3.90. The first-order chi connectivity index (χ1) is 7.72. The number of carbonyl (C=O) groups excluding carboxylic acids is 1. The largest absolute Gasteiger partial charge is 0.453 e. The number of rotatable bonds is 3. The van der Waals surface area contributed by atoms with Crippen LogP contribution in [0.2, 0.25) is 0 Å². The van der Waals surface area contributed by atoms with Crippen LogP contribution >= 0.6 is 11.8 Å². The van der Waals surface area contributed by atoms with E-state index in [1.54, 1.807) is 11.8 Å². The molecular weight excluding hydrogens is 222 g/mol. The zero-order chi connectivity index (χ0) is 11.6. The van der Waals surface area contributed by atoms with Crippen LogP contribution in [0.1, 0.15) is 18.4 Å². The third-order valence-electron chi connectivity index (χ3n) is 2.90. The molecule has 1 aliphatic carbocycles. The molecule has 1 aromatic carbocycles. The van der Waals surface area contributed by atoms with Crippen molar-refractivity contribution in [1.82, 2.24) is 5.32 Å². The number of carbonyl (C=O) groups is 1. The predicted molar refractivity (Wildman–Crippen MR) is 64.7 cm³/mol. The Morgan fingerprint density at radius 1 is 1.44 bits per heavy atom. The van der Waals surface area contributed by atoms with Gasteiger partial charge in [0.05, 0.1) is 12.6 Å². The quantitative estimate of drug-likeness (QED) is 0.821. The summed E-state index contributed by atoms with van der Waals surface area (Å²) < 4.78 is 4.66. The molecule has 1 aromatic rings. The minimum absolute atomic E-state index is 0.188. The number of amides is 1. The number of thioether (sulfide) groups is 1. The van der Waals surface area contributed by atoms with Gasteiger partial charge in [-0.1, -0.05) is 18.2 Å². The molecule has 0 spiro atoms. The zero-order valence-corrected chi connectivity index (χ0v) is 10.3. The number of nitrogens with one attached hydrogen (secondary N) is 1. The monoisotopic (exact) mass is 237 g/mol. The summed E-state index contributed by atoms with van der Waals surface area (Å²) in [6, 6.07) is 8.19. The lowest BCUT2D eigenvalue weighted by atomic mass is 10.1. The molecule has 0 radical (unpaired) electrons. The molecule has 0 heterocycles. The molecule has 16 heavy (non-hydrogen) atoms. The van der Waals surface area contributed by atoms with Gasteiger partial charge in [-0.05, 0) is 30.7 Å². The van der Waals surface area contributed by atoms with E-state index in [0.717, 1.165) is 12.8 Å². The summed E-state index contributed by atoms with van der Waals surface area (Å²) in [5.41, 5.74) is 1.01. The third kappa shape index (κ3) is 2.02. The maximum Gasteiger partial charge on any atom is 0.407 e. The molecule has 0 aromatic heterocycles. The van der Waals surface area contributed by atoms with Gasteiger partial charge in [-0.2, -0.15) is 0 Å². The van der Waals surface area contributed by atoms with Crippen LogP contribution in [0.25, 0.3) is 0 Å². The SMILES string of the molecule is COC(=O)NC1(c2ccccc2SC)CC1. The van der Waals surface area contributed by atoms with Crippen molar-refractivity contribution in [3.05, 3.63) is 29.8 Å². The average Bonchev–Trinajstić information content (AvgIpc) is 3.09. The molecule has 0 unspecified atom stereocenters. The van der Waals surface area contributed by atoms with E-state index in [2.05, 4.69) is 22.2 Å². The summed E-state index contributed by atoms with van der Waals surface area (Å²) >= 11 is 1.70. The Morgan fingerprint density at radius 3 is 2.69 bits per heavy atom. The lowest BCUT2D eigenvalue weighted by molar-refractivity contribution is 0.165. The number of hydrogen-bond donors (Lipinski definition) is 1. The standard InChI is InChI=1S/C12H15NO2S/c1-15-11(14)13-12(7-8-12)9-5-3-4-6-10(9)16-2/h3-6H,7-8H2,1-2H3,(H,13,14). The maximum absolute atomic E-state index is 11.3. The minimum Gasteiger partial charge on any atom is -0.453 e. The second kappa shape index (κ2) is 4.37. The minimum atomic E-state index is -0.353. The van der Waals surface area contributed by atoms with Crippen molar-refractivity contribution < 1.29 is 9.53 Å². The molecule has 3 nitrogen and oxygen atoms in total. The summed E-state index contributed by atoms with van der Waals surface area (Å²) in [5, 5.41) is 2.93. The van der Waals surface area contributed by atoms with E-state index in [4.69, 9.17) is 0 Å². The van der Waals surface area contributed by atoms with Gasteiger partial charge in [-0.3, -0.25) is 0 Å². The van der Waals surface area contributed by atoms with Crippen molar-refractivity contribution in [3.63, 3.8) is 0 Å². The lowest BCUT2D eigenvalue weighted by Gasteiger charge is -2.19. The smallest absolute Gasteiger partial charge is 0.407 e. The fourth-order valence-electron chi connectivity index (χ4n) is 1.87. The van der Waals surface area contributed by atoms with Gasteiger partial charge < -0.3 is 10.1 Å². The number of methoxy groups -OCH3 is 1. The van der Waals surface area contributed by atoms with Crippen molar-refractivity contribution >= 4 is 17.9 Å². The topological polar surface area (TPSA) is 38.3 Å². The first kappa shape index (κ1) is 11.3. The molecule has 1 aliphatic rings. The van der Waals surface area contributed by atoms with Gasteiger partial charge >= 0.3 is 6.09 Å². The molecule has 0 aliphatic heterocycles. The Balaban J connectivity index is 2.26. The molecule has 2 rings (SSSR count). The highest BCUT2D eigenvalue weighted by atomic mass is 32.2. The van der Waals surface area contributed by atoms with Crippen LogP contribution in [-0.4, -0.2) is 19.5 Å². The van der Waals surface area contributed by atoms with E-state index in [9.17, 15) is 4.79 Å². The van der Waals surface area contributed by atoms with Gasteiger partial charge in [0, 0.05) is 4.90 Å². The van der Waals surface area contributed by atoms with Crippen LogP contribution < -0.4 is 5.32 Å². The van der Waals surface area contributed by atoms with Crippen LogP contribution in [0, 0.1) is 0 Å². The molecule has 1 amide bonds. The maximum atomic E-state index is 11.3. The van der Waals surface area contributed by atoms with E-state index in [-0.39, 0.29) is 11.6 Å². The van der Waals surface area contributed by atoms with Gasteiger partial charge in [0.15, 0.2) is 0 Å². The van der Waals surface area contributed by atoms with Gasteiger partial charge in [-0.15, -0.1) is 11.8 Å². The van der Waals surface area contributed by atoms with Crippen LogP contribution in [0.5, 0.6) is 0 Å². The average molecular weight is 237 g/mol. The second-order valence-corrected chi connectivity index (χ2v) is 4.75. The fraction of sp³-hybridized carbons (Fsp3) is 0.417. The summed E-state index contributed by atoms with van der Waals surface area (Å²) in [5.74, 6) is 0. The molecule has 1 saturated carbocycles. The third-order valence-corrected chi connectivity index (χ3v) is 3.70. The van der Waals surface area contributed by atoms with Gasteiger partial charge in [0.25, 0.3) is 0 Å². The Morgan fingerprint density at radius 2 is 2.12 bits per heavy atom. The lowest BCUT2D eigenvalue weighted by Crippen LogP contribution is -2.35. The predicted octanol–water partition coefficient (Wildman–Crippen LogP) is 2.75. The molecule has 1 N–H and O–H groups in total. The van der Waals surface area contributed by atoms with E-state index in [1.807, 2.05) is 18.4 Å². The first-order valence-electron chi connectivity index (χ1n) is 5.21. The highest BCUT2D eigenvalue weighted by Crippen LogP contribution is 2.48.